The van der Waals surface area contributed by atoms with E-state index >= 15 is 0 Å². The second-order valence-corrected chi connectivity index (χ2v) is 5.89. The molecule has 0 aliphatic rings. The summed E-state index contributed by atoms with van der Waals surface area (Å²) >= 11 is 3.29. The Morgan fingerprint density at radius 1 is 1.16 bits per heavy atom. The lowest BCUT2D eigenvalue weighted by atomic mass is 10.2. The highest BCUT2D eigenvalue weighted by atomic mass is 79.9. The Morgan fingerprint density at radius 3 is 2.20 bits per heavy atom. The van der Waals surface area contributed by atoms with E-state index < -0.39 is 24.5 Å². The van der Waals surface area contributed by atoms with E-state index in [-0.39, 0.29) is 11.6 Å². The first-order valence-corrected chi connectivity index (χ1v) is 8.30. The lowest BCUT2D eigenvalue weighted by molar-refractivity contribution is -0.123. The Balaban J connectivity index is 2.65. The molecule has 0 heterocycles. The summed E-state index contributed by atoms with van der Waals surface area (Å²) in [6.07, 6.45) is 0.726. The van der Waals surface area contributed by atoms with Crippen molar-refractivity contribution in [3.8, 4) is 11.5 Å². The largest absolute Gasteiger partial charge is 0.495 e. The number of hydrogen-bond donors (Lipinski definition) is 2. The Bertz CT molecular complexity index is 625. The van der Waals surface area contributed by atoms with Crippen LogP contribution in [-0.2, 0) is 9.53 Å². The van der Waals surface area contributed by atoms with E-state index in [4.69, 9.17) is 14.2 Å². The molecular weight excluding hydrogens is 396 g/mol. The van der Waals surface area contributed by atoms with Crippen molar-refractivity contribution in [2.24, 2.45) is 0 Å². The summed E-state index contributed by atoms with van der Waals surface area (Å²) in [5.74, 6) is -0.723. The number of methoxy groups -OCH3 is 2. The molecule has 0 radical (unpaired) electrons. The number of halogens is 1. The molecule has 25 heavy (non-hydrogen) atoms. The van der Waals surface area contributed by atoms with Crippen LogP contribution in [0.5, 0.6) is 11.5 Å². The Morgan fingerprint density at radius 2 is 1.72 bits per heavy atom. The average molecular weight is 417 g/mol. The molecule has 0 unspecified atom stereocenters. The zero-order valence-corrected chi connectivity index (χ0v) is 16.1. The van der Waals surface area contributed by atoms with Gasteiger partial charge in [-0.25, -0.2) is 9.59 Å². The fourth-order valence-electron chi connectivity index (χ4n) is 1.73. The van der Waals surface area contributed by atoms with Crippen molar-refractivity contribution in [2.75, 3.05) is 20.8 Å². The smallest absolute Gasteiger partial charge is 0.338 e. The number of imide groups is 1. The van der Waals surface area contributed by atoms with Crippen molar-refractivity contribution >= 4 is 33.8 Å². The maximum atomic E-state index is 12.1. The molecule has 0 aromatic heterocycles. The Kier molecular flexibility index (Phi) is 8.20. The topological polar surface area (TPSA) is 103 Å². The van der Waals surface area contributed by atoms with E-state index in [0.717, 1.165) is 6.42 Å². The minimum Gasteiger partial charge on any atom is -0.495 e. The SMILES string of the molecule is CC[C@H](C)NC(=O)NC(=O)COC(=O)c1cc(OC)c(Br)c(OC)c1. The maximum absolute atomic E-state index is 12.1. The molecule has 1 atom stereocenters. The number of rotatable bonds is 7. The van der Waals surface area contributed by atoms with Gasteiger partial charge in [0.15, 0.2) is 6.61 Å². The van der Waals surface area contributed by atoms with E-state index in [9.17, 15) is 14.4 Å². The molecule has 1 rings (SSSR count). The fourth-order valence-corrected chi connectivity index (χ4v) is 2.28. The molecule has 0 saturated carbocycles. The van der Waals surface area contributed by atoms with Gasteiger partial charge in [0.2, 0.25) is 0 Å². The summed E-state index contributed by atoms with van der Waals surface area (Å²) in [7, 11) is 2.88. The first-order valence-electron chi connectivity index (χ1n) is 7.51. The lowest BCUT2D eigenvalue weighted by Crippen LogP contribution is -2.44. The number of esters is 1. The van der Waals surface area contributed by atoms with Gasteiger partial charge in [-0.3, -0.25) is 10.1 Å². The third-order valence-corrected chi connectivity index (χ3v) is 4.04. The summed E-state index contributed by atoms with van der Waals surface area (Å²) in [5, 5.41) is 4.65. The highest BCUT2D eigenvalue weighted by Gasteiger charge is 2.17. The van der Waals surface area contributed by atoms with Gasteiger partial charge < -0.3 is 19.5 Å². The summed E-state index contributed by atoms with van der Waals surface area (Å²) in [5.41, 5.74) is 0.147. The molecule has 0 bridgehead atoms. The van der Waals surface area contributed by atoms with Crippen molar-refractivity contribution < 1.29 is 28.6 Å². The summed E-state index contributed by atoms with van der Waals surface area (Å²) in [6.45, 7) is 3.11. The lowest BCUT2D eigenvalue weighted by Gasteiger charge is -2.12. The van der Waals surface area contributed by atoms with Crippen LogP contribution in [0.2, 0.25) is 0 Å². The quantitative estimate of drug-likeness (QED) is 0.660. The van der Waals surface area contributed by atoms with Crippen molar-refractivity contribution in [3.63, 3.8) is 0 Å². The number of amides is 3. The van der Waals surface area contributed by atoms with Gasteiger partial charge in [0.05, 0.1) is 19.8 Å². The third-order valence-electron chi connectivity index (χ3n) is 3.26. The predicted octanol–water partition coefficient (Wildman–Crippen LogP) is 2.25. The van der Waals surface area contributed by atoms with E-state index in [1.54, 1.807) is 6.92 Å². The number of hydrogen-bond acceptors (Lipinski definition) is 6. The molecule has 9 heteroatoms. The van der Waals surface area contributed by atoms with Crippen LogP contribution in [0, 0.1) is 0 Å². The van der Waals surface area contributed by atoms with Crippen LogP contribution < -0.4 is 20.1 Å². The molecule has 0 fully saturated rings. The molecule has 2 N–H and O–H groups in total. The molecule has 0 aliphatic carbocycles. The van der Waals surface area contributed by atoms with Crippen LogP contribution in [0.25, 0.3) is 0 Å². The monoisotopic (exact) mass is 416 g/mol. The maximum Gasteiger partial charge on any atom is 0.338 e. The van der Waals surface area contributed by atoms with Crippen LogP contribution in [0.3, 0.4) is 0 Å². The number of urea groups is 1. The van der Waals surface area contributed by atoms with Crippen molar-refractivity contribution in [2.45, 2.75) is 26.3 Å². The predicted molar refractivity (Wildman–Crippen MR) is 94.0 cm³/mol. The molecular formula is C16H21BrN2O6. The first-order chi connectivity index (χ1) is 11.8. The Labute approximate surface area is 154 Å². The number of ether oxygens (including phenoxy) is 3. The van der Waals surface area contributed by atoms with Gasteiger partial charge in [-0.05, 0) is 41.4 Å². The van der Waals surface area contributed by atoms with Crippen molar-refractivity contribution in [1.29, 1.82) is 0 Å². The molecule has 0 spiro atoms. The summed E-state index contributed by atoms with van der Waals surface area (Å²) < 4.78 is 15.7. The zero-order valence-electron chi connectivity index (χ0n) is 14.5. The van der Waals surface area contributed by atoms with E-state index in [1.165, 1.54) is 26.4 Å². The standard InChI is InChI=1S/C16H21BrN2O6/c1-5-9(2)18-16(22)19-13(20)8-25-15(21)10-6-11(23-3)14(17)12(7-10)24-4/h6-7,9H,5,8H2,1-4H3,(H2,18,19,20,22)/t9-/m0/s1. The average Bonchev–Trinajstić information content (AvgIpc) is 2.59. The normalized spacial score (nSPS) is 11.2. The summed E-state index contributed by atoms with van der Waals surface area (Å²) in [6, 6.07) is 2.19. The number of benzene rings is 1. The van der Waals surface area contributed by atoms with Gasteiger partial charge in [-0.1, -0.05) is 6.92 Å². The van der Waals surface area contributed by atoms with E-state index in [0.29, 0.717) is 16.0 Å². The van der Waals surface area contributed by atoms with Gasteiger partial charge in [0, 0.05) is 6.04 Å². The molecule has 8 nitrogen and oxygen atoms in total. The first kappa shape index (κ1) is 20.8. The molecule has 0 saturated heterocycles. The second-order valence-electron chi connectivity index (χ2n) is 5.10. The van der Waals surface area contributed by atoms with E-state index in [2.05, 4.69) is 26.6 Å². The molecule has 1 aromatic carbocycles. The van der Waals surface area contributed by atoms with Crippen molar-refractivity contribution in [3.05, 3.63) is 22.2 Å². The van der Waals surface area contributed by atoms with Crippen LogP contribution >= 0.6 is 15.9 Å². The van der Waals surface area contributed by atoms with Crippen LogP contribution in [0.1, 0.15) is 30.6 Å². The zero-order chi connectivity index (χ0) is 19.0. The van der Waals surface area contributed by atoms with Gasteiger partial charge >= 0.3 is 12.0 Å². The summed E-state index contributed by atoms with van der Waals surface area (Å²) in [4.78, 5) is 35.3. The molecule has 3 amide bonds. The second kappa shape index (κ2) is 9.87. The van der Waals surface area contributed by atoms with Crippen molar-refractivity contribution in [1.82, 2.24) is 10.6 Å². The molecule has 0 aliphatic heterocycles. The third kappa shape index (κ3) is 6.26. The highest BCUT2D eigenvalue weighted by Crippen LogP contribution is 2.35. The highest BCUT2D eigenvalue weighted by molar-refractivity contribution is 9.10. The fraction of sp³-hybridized carbons (Fsp3) is 0.438. The van der Waals surface area contributed by atoms with Crippen LogP contribution in [0.4, 0.5) is 4.79 Å². The minimum atomic E-state index is -0.749. The number of nitrogens with one attached hydrogen (secondary N) is 2. The minimum absolute atomic E-state index is 0.0713. The van der Waals surface area contributed by atoms with Gasteiger partial charge in [-0.15, -0.1) is 0 Å². The number of carbonyl (C=O) groups is 3. The Hall–Kier alpha value is -2.29. The van der Waals surface area contributed by atoms with Crippen LogP contribution in [-0.4, -0.2) is 44.8 Å². The van der Waals surface area contributed by atoms with E-state index in [1.807, 2.05) is 6.92 Å². The van der Waals surface area contributed by atoms with Crippen LogP contribution in [0.15, 0.2) is 16.6 Å². The number of carbonyl (C=O) groups excluding carboxylic acids is 3. The molecule has 1 aromatic rings. The van der Waals surface area contributed by atoms with Gasteiger partial charge in [-0.2, -0.15) is 0 Å². The van der Waals surface area contributed by atoms with Gasteiger partial charge in [0.25, 0.3) is 5.91 Å². The molecule has 138 valence electrons. The van der Waals surface area contributed by atoms with Gasteiger partial charge in [0.1, 0.15) is 16.0 Å².